The van der Waals surface area contributed by atoms with Crippen molar-refractivity contribution in [2.45, 2.75) is 24.9 Å². The molecule has 0 aromatic carbocycles. The summed E-state index contributed by atoms with van der Waals surface area (Å²) >= 11 is -1.84. The maximum absolute atomic E-state index is 5.42. The van der Waals surface area contributed by atoms with Crippen LogP contribution in [-0.2, 0) is 5.71 Å². The van der Waals surface area contributed by atoms with Crippen molar-refractivity contribution in [3.8, 4) is 0 Å². The molecule has 0 saturated heterocycles. The van der Waals surface area contributed by atoms with Gasteiger partial charge in [-0.2, -0.15) is 0 Å². The van der Waals surface area contributed by atoms with Gasteiger partial charge in [0.1, 0.15) is 0 Å². The summed E-state index contributed by atoms with van der Waals surface area (Å²) in [7, 11) is 0. The van der Waals surface area contributed by atoms with E-state index < -0.39 is 22.3 Å². The molecule has 9 heavy (non-hydrogen) atoms. The van der Waals surface area contributed by atoms with Crippen LogP contribution in [0, 0.1) is 0 Å². The van der Waals surface area contributed by atoms with Crippen LogP contribution in [0.4, 0.5) is 0 Å². The zero-order valence-electron chi connectivity index (χ0n) is 6.52. The van der Waals surface area contributed by atoms with Crippen LogP contribution in [0.5, 0.6) is 0 Å². The fourth-order valence-corrected chi connectivity index (χ4v) is 4.40. The van der Waals surface area contributed by atoms with Gasteiger partial charge in [0.15, 0.2) is 0 Å². The van der Waals surface area contributed by atoms with Gasteiger partial charge in [-0.1, -0.05) is 0 Å². The Morgan fingerprint density at radius 3 is 1.67 bits per heavy atom. The second kappa shape index (κ2) is 6.90. The Labute approximate surface area is 66.3 Å². The average Bonchev–Trinajstić information content (AvgIpc) is 1.88. The molecule has 0 amide bonds. The first-order chi connectivity index (χ1) is 4.35. The first-order valence-corrected chi connectivity index (χ1v) is 8.60. The third-order valence-electron chi connectivity index (χ3n) is 1.04. The minimum atomic E-state index is -1.84. The Balaban J connectivity index is 3.18. The molecule has 0 bridgehead atoms. The zero-order chi connectivity index (χ0) is 7.11. The Kier molecular flexibility index (Phi) is 7.51. The van der Waals surface area contributed by atoms with Gasteiger partial charge in [-0.25, -0.2) is 0 Å². The first kappa shape index (κ1) is 9.79. The molecule has 0 N–H and O–H groups in total. The average molecular weight is 234 g/mol. The zero-order valence-corrected chi connectivity index (χ0v) is 9.81. The molecule has 0 saturated carbocycles. The molecule has 0 atom stereocenters. The monoisotopic (exact) mass is 234 g/mol. The molecule has 54 valence electrons. The predicted molar refractivity (Wildman–Crippen MR) is 39.5 cm³/mol. The van der Waals surface area contributed by atoms with Gasteiger partial charge in [-0.15, -0.1) is 0 Å². The molecule has 0 fully saturated rings. The second-order valence-corrected chi connectivity index (χ2v) is 8.43. The van der Waals surface area contributed by atoms with E-state index in [0.29, 0.717) is 0 Å². The number of hydrogen-bond acceptors (Lipinski definition) is 2. The van der Waals surface area contributed by atoms with E-state index in [1.165, 1.54) is 0 Å². The Hall–Kier alpha value is 0.790. The Bertz CT molecular complexity index is 53.0. The summed E-state index contributed by atoms with van der Waals surface area (Å²) in [6, 6.07) is 0. The van der Waals surface area contributed by atoms with Crippen LogP contribution >= 0.6 is 0 Å². The van der Waals surface area contributed by atoms with Gasteiger partial charge >= 0.3 is 66.2 Å². The van der Waals surface area contributed by atoms with Crippen molar-refractivity contribution < 1.29 is 5.71 Å². The van der Waals surface area contributed by atoms with Crippen LogP contribution < -0.4 is 0 Å². The van der Waals surface area contributed by atoms with Crippen LogP contribution in [0.3, 0.4) is 0 Å². The van der Waals surface area contributed by atoms with Gasteiger partial charge in [-0.05, 0) is 0 Å². The normalized spacial score (nSPS) is 9.67. The summed E-state index contributed by atoms with van der Waals surface area (Å²) < 4.78 is 12.0. The summed E-state index contributed by atoms with van der Waals surface area (Å²) in [5.74, 6) is 0. The molecule has 0 aliphatic rings. The van der Waals surface area contributed by atoms with Crippen molar-refractivity contribution >= 4 is 22.3 Å². The van der Waals surface area contributed by atoms with Gasteiger partial charge in [0.05, 0.1) is 0 Å². The van der Waals surface area contributed by atoms with E-state index in [-0.39, 0.29) is 0 Å². The predicted octanol–water partition coefficient (Wildman–Crippen LogP) is 1.57. The molecule has 0 aliphatic carbocycles. The molecule has 0 unspecified atom stereocenters. The van der Waals surface area contributed by atoms with Crippen molar-refractivity contribution in [3.05, 3.63) is 0 Å². The van der Waals surface area contributed by atoms with E-state index in [1.54, 1.807) is 0 Å². The molecule has 0 aliphatic heterocycles. The van der Waals surface area contributed by atoms with E-state index in [0.717, 1.165) is 17.4 Å². The van der Waals surface area contributed by atoms with E-state index in [1.807, 2.05) is 13.8 Å². The fourth-order valence-electron chi connectivity index (χ4n) is 0.656. The standard InChI is InChI=1S/2C2H5O.C2H5.In/c2*1-2-3;1-2;/h2*2H2,1H3;1H2,2H3;/q2*-1;;+2. The molecule has 0 radical (unpaired) electrons. The topological polar surface area (TPSA) is 18.5 Å². The third kappa shape index (κ3) is 5.25. The Morgan fingerprint density at radius 1 is 1.00 bits per heavy atom. The number of rotatable bonds is 5. The van der Waals surface area contributed by atoms with Crippen LogP contribution in [0.25, 0.3) is 0 Å². The summed E-state index contributed by atoms with van der Waals surface area (Å²) in [5, 5.41) is 0. The van der Waals surface area contributed by atoms with Crippen molar-refractivity contribution in [3.63, 3.8) is 0 Å². The molecule has 0 aromatic rings. The van der Waals surface area contributed by atoms with Crippen LogP contribution in [0.15, 0.2) is 0 Å². The molecule has 3 heteroatoms. The van der Waals surface area contributed by atoms with E-state index >= 15 is 0 Å². The molecular formula is C6H15InO2. The second-order valence-electron chi connectivity index (χ2n) is 1.75. The van der Waals surface area contributed by atoms with Crippen molar-refractivity contribution in [2.75, 3.05) is 13.2 Å². The van der Waals surface area contributed by atoms with Crippen LogP contribution in [0.2, 0.25) is 4.18 Å². The Morgan fingerprint density at radius 2 is 1.44 bits per heavy atom. The summed E-state index contributed by atoms with van der Waals surface area (Å²) in [6.07, 6.45) is 0. The molecule has 0 aromatic heterocycles. The van der Waals surface area contributed by atoms with Gasteiger partial charge in [-0.3, -0.25) is 0 Å². The van der Waals surface area contributed by atoms with Gasteiger partial charge in [0, 0.05) is 0 Å². The van der Waals surface area contributed by atoms with Gasteiger partial charge in [0.2, 0.25) is 0 Å². The van der Waals surface area contributed by atoms with Crippen LogP contribution in [-0.4, -0.2) is 35.5 Å². The molecule has 0 rings (SSSR count). The van der Waals surface area contributed by atoms with Crippen molar-refractivity contribution in [2.24, 2.45) is 0 Å². The summed E-state index contributed by atoms with van der Waals surface area (Å²) in [5.41, 5.74) is 0. The van der Waals surface area contributed by atoms with E-state index in [4.69, 9.17) is 5.71 Å². The van der Waals surface area contributed by atoms with Crippen LogP contribution in [0.1, 0.15) is 20.8 Å². The van der Waals surface area contributed by atoms with E-state index in [2.05, 4.69) is 6.92 Å². The molecule has 0 heterocycles. The minimum absolute atomic E-state index is 0.828. The molecule has 2 nitrogen and oxygen atoms in total. The van der Waals surface area contributed by atoms with Crippen molar-refractivity contribution in [1.29, 1.82) is 0 Å². The summed E-state index contributed by atoms with van der Waals surface area (Å²) in [4.78, 5) is 0. The first-order valence-electron chi connectivity index (χ1n) is 3.58. The number of hydrogen-bond donors (Lipinski definition) is 0. The molecule has 0 spiro atoms. The van der Waals surface area contributed by atoms with E-state index in [9.17, 15) is 0 Å². The third-order valence-corrected chi connectivity index (χ3v) is 6.97. The van der Waals surface area contributed by atoms with Gasteiger partial charge in [0.25, 0.3) is 0 Å². The summed E-state index contributed by atoms with van der Waals surface area (Å²) in [6.45, 7) is 7.85. The van der Waals surface area contributed by atoms with Gasteiger partial charge < -0.3 is 0 Å². The van der Waals surface area contributed by atoms with Crippen molar-refractivity contribution in [1.82, 2.24) is 0 Å². The molecular weight excluding hydrogens is 219 g/mol. The maximum atomic E-state index is 5.42. The fraction of sp³-hybridized carbons (Fsp3) is 1.00. The quantitative estimate of drug-likeness (QED) is 0.718. The SMILES string of the molecule is CC[O][In]([CH2]C)[O]CC.